The molecule has 2 saturated heterocycles. The first-order valence-corrected chi connectivity index (χ1v) is 8.76. The van der Waals surface area contributed by atoms with Crippen LogP contribution in [0, 0.1) is 0 Å². The predicted octanol–water partition coefficient (Wildman–Crippen LogP) is -0.252. The van der Waals surface area contributed by atoms with Gasteiger partial charge in [-0.15, -0.1) is 0 Å². The van der Waals surface area contributed by atoms with E-state index in [0.29, 0.717) is 0 Å². The maximum Gasteiger partial charge on any atom is 0.338 e. The Hall–Kier alpha value is -2.75. The minimum Gasteiger partial charge on any atom is -0.480 e. The smallest absolute Gasteiger partial charge is 0.338 e. The third kappa shape index (κ3) is 2.03. The van der Waals surface area contributed by atoms with Crippen molar-refractivity contribution in [3.8, 4) is 0 Å². The minimum absolute atomic E-state index is 0.0650. The van der Waals surface area contributed by atoms with Crippen LogP contribution in [-0.2, 0) is 24.2 Å². The summed E-state index contributed by atoms with van der Waals surface area (Å²) in [5.41, 5.74) is -1.05. The highest BCUT2D eigenvalue weighted by atomic mass is 32.2. The van der Waals surface area contributed by atoms with E-state index >= 15 is 0 Å². The number of nitrogens with zero attached hydrogens (tertiary/aromatic N) is 2. The molecule has 2 fully saturated rings. The minimum atomic E-state index is -4.15. The third-order valence-corrected chi connectivity index (χ3v) is 7.31. The molecule has 0 saturated carbocycles. The number of β-lactam (4-membered cyclic amide) rings is 1. The van der Waals surface area contributed by atoms with Gasteiger partial charge < -0.3 is 15.1 Å². The van der Waals surface area contributed by atoms with Crippen LogP contribution in [0.25, 0.3) is 5.57 Å². The normalized spacial score (nSPS) is 28.1. The molecule has 1 amide bonds. The number of amides is 1. The highest BCUT2D eigenvalue weighted by Crippen LogP contribution is 2.50. The van der Waals surface area contributed by atoms with Gasteiger partial charge in [0.2, 0.25) is 0 Å². The van der Waals surface area contributed by atoms with Gasteiger partial charge in [-0.3, -0.25) is 9.78 Å². The third-order valence-electron chi connectivity index (χ3n) is 4.57. The van der Waals surface area contributed by atoms with E-state index in [2.05, 4.69) is 4.98 Å². The molecule has 132 valence electrons. The number of carboxylic acid groups (broad SMARTS) is 2. The summed E-state index contributed by atoms with van der Waals surface area (Å²) in [6.07, 6.45) is 1.31. The summed E-state index contributed by atoms with van der Waals surface area (Å²) in [7, 11) is -4.15. The average molecular weight is 366 g/mol. The number of aromatic nitrogens is 1. The number of sulfone groups is 1. The van der Waals surface area contributed by atoms with Crippen LogP contribution in [0.15, 0.2) is 30.0 Å². The van der Waals surface area contributed by atoms with Crippen LogP contribution in [0.3, 0.4) is 0 Å². The number of hydrogen-bond acceptors (Lipinski definition) is 6. The molecule has 3 rings (SSSR count). The Morgan fingerprint density at radius 2 is 1.88 bits per heavy atom. The monoisotopic (exact) mass is 366 g/mol. The van der Waals surface area contributed by atoms with Crippen LogP contribution in [0.1, 0.15) is 19.5 Å². The first kappa shape index (κ1) is 17.1. The molecule has 25 heavy (non-hydrogen) atoms. The van der Waals surface area contributed by atoms with Crippen molar-refractivity contribution in [1.29, 1.82) is 0 Å². The summed E-state index contributed by atoms with van der Waals surface area (Å²) in [6.45, 7) is 2.43. The first-order chi connectivity index (χ1) is 11.5. The van der Waals surface area contributed by atoms with E-state index in [9.17, 15) is 33.0 Å². The van der Waals surface area contributed by atoms with Crippen LogP contribution < -0.4 is 0 Å². The number of pyridine rings is 1. The van der Waals surface area contributed by atoms with Gasteiger partial charge in [-0.25, -0.2) is 18.0 Å². The molecular formula is C15H14N2O7S. The average Bonchev–Trinajstić information content (AvgIpc) is 2.66. The molecule has 2 aliphatic rings. The van der Waals surface area contributed by atoms with Gasteiger partial charge in [0.05, 0.1) is 16.8 Å². The van der Waals surface area contributed by atoms with E-state index in [1.165, 1.54) is 32.2 Å². The van der Waals surface area contributed by atoms with Crippen LogP contribution >= 0.6 is 0 Å². The van der Waals surface area contributed by atoms with Gasteiger partial charge >= 0.3 is 11.9 Å². The lowest BCUT2D eigenvalue weighted by Crippen LogP contribution is -2.59. The topological polar surface area (TPSA) is 142 Å². The summed E-state index contributed by atoms with van der Waals surface area (Å²) in [5.74, 6) is -3.89. The van der Waals surface area contributed by atoms with E-state index in [0.717, 1.165) is 4.90 Å². The van der Waals surface area contributed by atoms with Crippen LogP contribution in [0.5, 0.6) is 0 Å². The number of carbonyl (C=O) groups is 3. The van der Waals surface area contributed by atoms with E-state index in [-0.39, 0.29) is 5.69 Å². The second-order valence-electron chi connectivity index (χ2n) is 6.26. The second-order valence-corrected chi connectivity index (χ2v) is 8.85. The molecule has 0 aliphatic carbocycles. The van der Waals surface area contributed by atoms with E-state index in [1.54, 1.807) is 6.07 Å². The molecular weight excluding hydrogens is 352 g/mol. The Kier molecular flexibility index (Phi) is 3.50. The first-order valence-electron chi connectivity index (χ1n) is 7.21. The molecule has 1 aromatic rings. The van der Waals surface area contributed by atoms with Gasteiger partial charge in [0, 0.05) is 6.20 Å². The highest BCUT2D eigenvalue weighted by Gasteiger charge is 2.71. The standard InChI is InChI=1S/C15H14N2O7S/c1-15(2)10(14(21)22)17-11(18)9(12(17)25(15,23)24)8(13(19)20)7-5-3-4-6-16-7/h3-6,10,12H,1-2H3,(H,19,20)(H,21,22)/b9-8+/t10-,12+/m0/s1. The number of rotatable bonds is 3. The molecule has 1 aromatic heterocycles. The van der Waals surface area contributed by atoms with Crippen molar-refractivity contribution in [3.63, 3.8) is 0 Å². The number of hydrogen-bond donors (Lipinski definition) is 2. The van der Waals surface area contributed by atoms with Crippen molar-refractivity contribution in [2.75, 3.05) is 0 Å². The summed E-state index contributed by atoms with van der Waals surface area (Å²) >= 11 is 0. The zero-order chi connectivity index (χ0) is 18.7. The quantitative estimate of drug-likeness (QED) is 0.551. The van der Waals surface area contributed by atoms with Crippen LogP contribution in [-0.4, -0.2) is 62.5 Å². The Balaban J connectivity index is 2.27. The SMILES string of the molecule is CC1(C)[C@H](C(=O)O)N2C(=O)/C(=C(\C(=O)O)c3ccccn3)[C@H]2S1(=O)=O. The zero-order valence-electron chi connectivity index (χ0n) is 13.2. The van der Waals surface area contributed by atoms with Crippen LogP contribution in [0.4, 0.5) is 0 Å². The van der Waals surface area contributed by atoms with Gasteiger partial charge in [-0.2, -0.15) is 0 Å². The molecule has 0 radical (unpaired) electrons. The van der Waals surface area contributed by atoms with E-state index < -0.39 is 55.0 Å². The molecule has 2 aliphatic heterocycles. The van der Waals surface area contributed by atoms with Gasteiger partial charge in [-0.05, 0) is 26.0 Å². The highest BCUT2D eigenvalue weighted by molar-refractivity contribution is 7.94. The summed E-state index contributed by atoms with van der Waals surface area (Å²) in [5, 5.41) is 17.3. The fraction of sp³-hybridized carbons (Fsp3) is 0.333. The molecule has 0 aromatic carbocycles. The lowest BCUT2D eigenvalue weighted by atomic mass is 9.91. The van der Waals surface area contributed by atoms with Gasteiger partial charge in [0.15, 0.2) is 21.3 Å². The molecule has 9 nitrogen and oxygen atoms in total. The van der Waals surface area contributed by atoms with Crippen molar-refractivity contribution in [2.45, 2.75) is 30.0 Å². The van der Waals surface area contributed by atoms with Crippen molar-refractivity contribution in [1.82, 2.24) is 9.88 Å². The van der Waals surface area contributed by atoms with Gasteiger partial charge in [-0.1, -0.05) is 6.07 Å². The van der Waals surface area contributed by atoms with Crippen molar-refractivity contribution >= 4 is 33.3 Å². The summed E-state index contributed by atoms with van der Waals surface area (Å²) in [6, 6.07) is 2.80. The largest absolute Gasteiger partial charge is 0.480 e. The summed E-state index contributed by atoms with van der Waals surface area (Å²) in [4.78, 5) is 40.3. The van der Waals surface area contributed by atoms with Crippen LogP contribution in [0.2, 0.25) is 0 Å². The number of fused-ring (bicyclic) bond motifs is 1. The van der Waals surface area contributed by atoms with Crippen molar-refractivity contribution in [3.05, 3.63) is 35.7 Å². The van der Waals surface area contributed by atoms with Gasteiger partial charge in [0.1, 0.15) is 4.75 Å². The molecule has 0 unspecified atom stereocenters. The molecule has 10 heteroatoms. The second kappa shape index (κ2) is 5.12. The fourth-order valence-electron chi connectivity index (χ4n) is 3.28. The number of carbonyl (C=O) groups excluding carboxylic acids is 1. The number of carboxylic acids is 2. The molecule has 2 N–H and O–H groups in total. The van der Waals surface area contributed by atoms with Crippen molar-refractivity contribution < 1.29 is 33.0 Å². The fourth-order valence-corrected chi connectivity index (χ4v) is 5.43. The Labute approximate surface area is 142 Å². The molecule has 3 heterocycles. The van der Waals surface area contributed by atoms with E-state index in [4.69, 9.17) is 0 Å². The van der Waals surface area contributed by atoms with Gasteiger partial charge in [0.25, 0.3) is 5.91 Å². The molecule has 0 spiro atoms. The Morgan fingerprint density at radius 3 is 2.36 bits per heavy atom. The summed E-state index contributed by atoms with van der Waals surface area (Å²) < 4.78 is 23.8. The maximum absolute atomic E-state index is 12.8. The predicted molar refractivity (Wildman–Crippen MR) is 83.8 cm³/mol. The van der Waals surface area contributed by atoms with Crippen molar-refractivity contribution in [2.24, 2.45) is 0 Å². The Morgan fingerprint density at radius 1 is 1.24 bits per heavy atom. The lowest BCUT2D eigenvalue weighted by molar-refractivity contribution is -0.152. The van der Waals surface area contributed by atoms with E-state index in [1.807, 2.05) is 0 Å². The maximum atomic E-state index is 12.8. The number of aliphatic carboxylic acids is 2. The molecule has 0 bridgehead atoms. The molecule has 2 atom stereocenters. The zero-order valence-corrected chi connectivity index (χ0v) is 14.0. The Bertz CT molecular complexity index is 934. The lowest BCUT2D eigenvalue weighted by Gasteiger charge is -2.38.